The molecule has 0 spiro atoms. The highest BCUT2D eigenvalue weighted by atomic mass is 35.5. The summed E-state index contributed by atoms with van der Waals surface area (Å²) in [5.74, 6) is 0.494. The van der Waals surface area contributed by atoms with E-state index in [4.69, 9.17) is 23.2 Å². The fourth-order valence-electron chi connectivity index (χ4n) is 2.83. The first-order valence-electron chi connectivity index (χ1n) is 7.18. The summed E-state index contributed by atoms with van der Waals surface area (Å²) in [5, 5.41) is 11.2. The molecule has 1 atom stereocenters. The summed E-state index contributed by atoms with van der Waals surface area (Å²) >= 11 is 11.8. The summed E-state index contributed by atoms with van der Waals surface area (Å²) in [5.41, 5.74) is 0.0187. The van der Waals surface area contributed by atoms with Gasteiger partial charge in [0, 0.05) is 24.2 Å². The summed E-state index contributed by atoms with van der Waals surface area (Å²) in [6.07, 6.45) is -4.46. The number of nitrogens with zero attached hydrogens (tertiary/aromatic N) is 3. The molecule has 0 amide bonds. The van der Waals surface area contributed by atoms with Gasteiger partial charge >= 0.3 is 6.18 Å². The average molecular weight is 377 g/mol. The Morgan fingerprint density at radius 2 is 1.96 bits per heavy atom. The van der Waals surface area contributed by atoms with E-state index in [0.717, 1.165) is 6.07 Å². The van der Waals surface area contributed by atoms with E-state index >= 15 is 0 Å². The van der Waals surface area contributed by atoms with Gasteiger partial charge in [-0.05, 0) is 30.7 Å². The molecule has 0 bridgehead atoms. The molecule has 1 N–H and O–H groups in total. The van der Waals surface area contributed by atoms with Crippen molar-refractivity contribution in [3.05, 3.63) is 45.6 Å². The Morgan fingerprint density at radius 3 is 2.67 bits per heavy atom. The van der Waals surface area contributed by atoms with Gasteiger partial charge in [0.05, 0.1) is 17.3 Å². The van der Waals surface area contributed by atoms with Crippen molar-refractivity contribution in [2.24, 2.45) is 0 Å². The lowest BCUT2D eigenvalue weighted by atomic mass is 9.99. The molecule has 1 aromatic heterocycles. The molecule has 0 saturated carbocycles. The molecule has 0 fully saturated rings. The van der Waals surface area contributed by atoms with Crippen LogP contribution in [0.5, 0.6) is 0 Å². The van der Waals surface area contributed by atoms with Crippen LogP contribution in [0.2, 0.25) is 10.2 Å². The second kappa shape index (κ2) is 6.29. The lowest BCUT2D eigenvalue weighted by Gasteiger charge is -2.37. The fourth-order valence-corrected chi connectivity index (χ4v) is 3.15. The number of fused-ring (bicyclic) bond motifs is 1. The Bertz CT molecular complexity index is 767. The van der Waals surface area contributed by atoms with Gasteiger partial charge in [0.15, 0.2) is 11.0 Å². The average Bonchev–Trinajstić information content (AvgIpc) is 2.52. The van der Waals surface area contributed by atoms with Crippen molar-refractivity contribution in [2.45, 2.75) is 19.1 Å². The van der Waals surface area contributed by atoms with Gasteiger partial charge in [0.25, 0.3) is 0 Å². The molecule has 1 aromatic carbocycles. The predicted octanol–water partition coefficient (Wildman–Crippen LogP) is 4.80. The van der Waals surface area contributed by atoms with Gasteiger partial charge < -0.3 is 10.2 Å². The third kappa shape index (κ3) is 3.23. The fraction of sp³-hybridized carbons (Fsp3) is 0.333. The van der Waals surface area contributed by atoms with E-state index in [1.807, 2.05) is 4.90 Å². The second-order valence-electron chi connectivity index (χ2n) is 5.43. The third-order valence-electron chi connectivity index (χ3n) is 3.94. The van der Waals surface area contributed by atoms with E-state index in [1.54, 1.807) is 13.0 Å². The SMILES string of the molecule is C[C@H](c1cc(Cl)ccc1C(F)(F)F)N1CCNc2nnc(Cl)cc21. The lowest BCUT2D eigenvalue weighted by molar-refractivity contribution is -0.138. The largest absolute Gasteiger partial charge is 0.416 e. The minimum Gasteiger partial charge on any atom is -0.365 e. The van der Waals surface area contributed by atoms with Gasteiger partial charge in [0.1, 0.15) is 0 Å². The Morgan fingerprint density at radius 1 is 1.21 bits per heavy atom. The summed E-state index contributed by atoms with van der Waals surface area (Å²) in [6.45, 7) is 2.74. The van der Waals surface area contributed by atoms with Crippen LogP contribution in [0.15, 0.2) is 24.3 Å². The number of anilines is 2. The monoisotopic (exact) mass is 376 g/mol. The quantitative estimate of drug-likeness (QED) is 0.817. The van der Waals surface area contributed by atoms with E-state index < -0.39 is 17.8 Å². The highest BCUT2D eigenvalue weighted by Gasteiger charge is 2.36. The van der Waals surface area contributed by atoms with Gasteiger partial charge in [-0.3, -0.25) is 0 Å². The van der Waals surface area contributed by atoms with Crippen LogP contribution in [0.3, 0.4) is 0 Å². The Labute approximate surface area is 146 Å². The van der Waals surface area contributed by atoms with E-state index in [9.17, 15) is 13.2 Å². The van der Waals surface area contributed by atoms with Crippen LogP contribution in [0.4, 0.5) is 24.7 Å². The standard InChI is InChI=1S/C15H13Cl2F3N4/c1-8(10-6-9(16)2-3-11(10)15(18,19)20)24-5-4-21-14-12(24)7-13(17)22-23-14/h2-3,6-8H,4-5H2,1H3,(H,21,23)/t8-/m1/s1. The second-order valence-corrected chi connectivity index (χ2v) is 6.25. The van der Waals surface area contributed by atoms with Gasteiger partial charge in [0.2, 0.25) is 0 Å². The zero-order chi connectivity index (χ0) is 17.5. The van der Waals surface area contributed by atoms with Gasteiger partial charge in [-0.15, -0.1) is 10.2 Å². The number of rotatable bonds is 2. The van der Waals surface area contributed by atoms with Crippen molar-refractivity contribution in [2.75, 3.05) is 23.3 Å². The van der Waals surface area contributed by atoms with E-state index in [0.29, 0.717) is 24.6 Å². The summed E-state index contributed by atoms with van der Waals surface area (Å²) in [4.78, 5) is 1.81. The van der Waals surface area contributed by atoms with Crippen molar-refractivity contribution < 1.29 is 13.2 Å². The molecule has 1 aliphatic heterocycles. The van der Waals surface area contributed by atoms with Crippen molar-refractivity contribution in [3.63, 3.8) is 0 Å². The number of benzene rings is 1. The smallest absolute Gasteiger partial charge is 0.365 e. The molecule has 4 nitrogen and oxygen atoms in total. The zero-order valence-corrected chi connectivity index (χ0v) is 14.0. The summed E-state index contributed by atoms with van der Waals surface area (Å²) < 4.78 is 40.1. The number of hydrogen-bond acceptors (Lipinski definition) is 4. The van der Waals surface area contributed by atoms with Crippen molar-refractivity contribution in [1.82, 2.24) is 10.2 Å². The molecule has 128 valence electrons. The van der Waals surface area contributed by atoms with E-state index in [1.165, 1.54) is 12.1 Å². The van der Waals surface area contributed by atoms with E-state index in [2.05, 4.69) is 15.5 Å². The molecule has 0 saturated heterocycles. The topological polar surface area (TPSA) is 41.0 Å². The molecule has 1 aliphatic rings. The molecule has 24 heavy (non-hydrogen) atoms. The lowest BCUT2D eigenvalue weighted by Crippen LogP contribution is -2.37. The first kappa shape index (κ1) is 17.1. The molecule has 0 radical (unpaired) electrons. The maximum atomic E-state index is 13.4. The Kier molecular flexibility index (Phi) is 4.48. The van der Waals surface area contributed by atoms with Crippen LogP contribution in [-0.4, -0.2) is 23.3 Å². The van der Waals surface area contributed by atoms with Crippen LogP contribution < -0.4 is 10.2 Å². The number of alkyl halides is 3. The molecular weight excluding hydrogens is 364 g/mol. The molecular formula is C15H13Cl2F3N4. The van der Waals surface area contributed by atoms with Gasteiger partial charge in [-0.25, -0.2) is 0 Å². The predicted molar refractivity (Wildman–Crippen MR) is 87.7 cm³/mol. The number of halogens is 5. The minimum atomic E-state index is -4.46. The van der Waals surface area contributed by atoms with Crippen LogP contribution >= 0.6 is 23.2 Å². The highest BCUT2D eigenvalue weighted by Crippen LogP contribution is 2.40. The molecule has 3 rings (SSSR count). The molecule has 2 aromatic rings. The molecule has 2 heterocycles. The Hall–Kier alpha value is -1.73. The molecule has 0 aliphatic carbocycles. The van der Waals surface area contributed by atoms with Gasteiger partial charge in [-0.1, -0.05) is 23.2 Å². The van der Waals surface area contributed by atoms with Crippen LogP contribution in [0.1, 0.15) is 24.1 Å². The van der Waals surface area contributed by atoms with Crippen molar-refractivity contribution in [1.29, 1.82) is 0 Å². The highest BCUT2D eigenvalue weighted by molar-refractivity contribution is 6.30. The van der Waals surface area contributed by atoms with Crippen molar-refractivity contribution >= 4 is 34.7 Å². The first-order valence-corrected chi connectivity index (χ1v) is 7.93. The van der Waals surface area contributed by atoms with E-state index in [-0.39, 0.29) is 15.7 Å². The Balaban J connectivity index is 2.07. The van der Waals surface area contributed by atoms with Gasteiger partial charge in [-0.2, -0.15) is 13.2 Å². The van der Waals surface area contributed by atoms with Crippen molar-refractivity contribution in [3.8, 4) is 0 Å². The zero-order valence-electron chi connectivity index (χ0n) is 12.5. The van der Waals surface area contributed by atoms with Crippen LogP contribution in [0.25, 0.3) is 0 Å². The van der Waals surface area contributed by atoms with Crippen LogP contribution in [0, 0.1) is 0 Å². The van der Waals surface area contributed by atoms with Crippen LogP contribution in [-0.2, 0) is 6.18 Å². The number of aromatic nitrogens is 2. The summed E-state index contributed by atoms with van der Waals surface area (Å²) in [6, 6.07) is 4.63. The maximum absolute atomic E-state index is 13.4. The molecule has 0 unspecified atom stereocenters. The minimum absolute atomic E-state index is 0.107. The third-order valence-corrected chi connectivity index (χ3v) is 4.35. The molecule has 9 heteroatoms. The summed E-state index contributed by atoms with van der Waals surface area (Å²) in [7, 11) is 0. The number of nitrogens with one attached hydrogen (secondary N) is 1. The normalized spacial score (nSPS) is 15.7. The maximum Gasteiger partial charge on any atom is 0.416 e. The number of hydrogen-bond donors (Lipinski definition) is 1. The first-order chi connectivity index (χ1) is 11.3.